The van der Waals surface area contributed by atoms with Crippen LogP contribution >= 0.6 is 0 Å². The van der Waals surface area contributed by atoms with Crippen molar-refractivity contribution in [3.05, 3.63) is 0 Å². The molecule has 158 valence electrons. The van der Waals surface area contributed by atoms with Crippen molar-refractivity contribution in [3.63, 3.8) is 0 Å². The summed E-state index contributed by atoms with van der Waals surface area (Å²) in [6.07, 6.45) is 18.4. The molecule has 4 saturated carbocycles. The van der Waals surface area contributed by atoms with Crippen molar-refractivity contribution in [2.45, 2.75) is 103 Å². The first kappa shape index (κ1) is 20.7. The van der Waals surface area contributed by atoms with Crippen molar-refractivity contribution in [3.8, 4) is 12.3 Å². The van der Waals surface area contributed by atoms with Crippen LogP contribution in [0.4, 0.5) is 0 Å². The van der Waals surface area contributed by atoms with Gasteiger partial charge in [-0.3, -0.25) is 0 Å². The third-order valence-electron chi connectivity index (χ3n) is 10.6. The highest BCUT2D eigenvalue weighted by Crippen LogP contribution is 2.71. The monoisotopic (exact) mass is 384 g/mol. The first-order valence-corrected chi connectivity index (χ1v) is 12.2. The Morgan fingerprint density at radius 2 is 1.96 bits per heavy atom. The molecule has 0 saturated heterocycles. The van der Waals surface area contributed by atoms with Crippen LogP contribution in [0.5, 0.6) is 0 Å². The topological polar surface area (TPSA) is 38.0 Å². The number of unbranched alkanes of at least 4 members (excludes halogenated alkanes) is 1. The van der Waals surface area contributed by atoms with Crippen LogP contribution in [0.2, 0.25) is 0 Å². The molecule has 0 spiro atoms. The summed E-state index contributed by atoms with van der Waals surface area (Å²) in [7, 11) is 0. The Morgan fingerprint density at radius 1 is 1.18 bits per heavy atom. The van der Waals surface area contributed by atoms with E-state index >= 15 is 0 Å². The van der Waals surface area contributed by atoms with Gasteiger partial charge in [0.2, 0.25) is 0 Å². The van der Waals surface area contributed by atoms with Crippen molar-refractivity contribution in [2.75, 3.05) is 6.54 Å². The van der Waals surface area contributed by atoms with Crippen LogP contribution < -0.4 is 11.1 Å². The molecule has 3 N–H and O–H groups in total. The molecule has 4 aliphatic rings. The maximum absolute atomic E-state index is 7.14. The van der Waals surface area contributed by atoms with Gasteiger partial charge in [-0.1, -0.05) is 27.7 Å². The van der Waals surface area contributed by atoms with Crippen molar-refractivity contribution in [2.24, 2.45) is 46.2 Å². The van der Waals surface area contributed by atoms with Crippen molar-refractivity contribution < 1.29 is 0 Å². The van der Waals surface area contributed by atoms with Gasteiger partial charge >= 0.3 is 0 Å². The van der Waals surface area contributed by atoms with Gasteiger partial charge in [0.1, 0.15) is 0 Å². The lowest BCUT2D eigenvalue weighted by molar-refractivity contribution is -0.186. The average Bonchev–Trinajstić information content (AvgIpc) is 2.90. The molecule has 0 aromatic rings. The summed E-state index contributed by atoms with van der Waals surface area (Å²) in [5, 5.41) is 3.74. The van der Waals surface area contributed by atoms with Gasteiger partial charge in [0.05, 0.1) is 0 Å². The van der Waals surface area contributed by atoms with E-state index < -0.39 is 0 Å². The molecule has 9 atom stereocenters. The molecule has 0 heterocycles. The summed E-state index contributed by atoms with van der Waals surface area (Å²) in [6, 6.07) is 0.636. The smallest absolute Gasteiger partial charge is 0.0227 e. The zero-order valence-corrected chi connectivity index (χ0v) is 18.9. The molecule has 4 rings (SSSR count). The molecular formula is C26H44N2. The van der Waals surface area contributed by atoms with E-state index in [1.165, 1.54) is 57.8 Å². The molecule has 0 aliphatic heterocycles. The third-order valence-corrected chi connectivity index (χ3v) is 10.6. The van der Waals surface area contributed by atoms with Gasteiger partial charge in [-0.2, -0.15) is 0 Å². The normalized spacial score (nSPS) is 50.6. The summed E-state index contributed by atoms with van der Waals surface area (Å²) >= 11 is 0. The lowest BCUT2D eigenvalue weighted by Gasteiger charge is -2.68. The standard InChI is InChI=1S/C26H44N2/c1-6-8-9-10-18(3)22-15-23-20-11-14-26(27)17-19(28-7-2)16-25(26,5)21(20)12-13-24(22,23)4/h1,18-23,28H,7-17,27H2,2-5H3. The largest absolute Gasteiger partial charge is 0.325 e. The second kappa shape index (κ2) is 7.31. The molecule has 4 fully saturated rings. The summed E-state index contributed by atoms with van der Waals surface area (Å²) in [5.41, 5.74) is 8.14. The fourth-order valence-electron chi connectivity index (χ4n) is 8.95. The fraction of sp³-hybridized carbons (Fsp3) is 0.923. The molecule has 0 bridgehead atoms. The number of rotatable bonds is 6. The number of hydrogen-bond donors (Lipinski definition) is 2. The molecular weight excluding hydrogens is 340 g/mol. The van der Waals surface area contributed by atoms with Crippen molar-refractivity contribution in [1.29, 1.82) is 0 Å². The number of terminal acetylenes is 1. The van der Waals surface area contributed by atoms with Gasteiger partial charge in [-0.05, 0) is 105 Å². The Balaban J connectivity index is 1.47. The molecule has 9 unspecified atom stereocenters. The Kier molecular flexibility index (Phi) is 5.42. The maximum atomic E-state index is 7.14. The predicted molar refractivity (Wildman–Crippen MR) is 119 cm³/mol. The van der Waals surface area contributed by atoms with E-state index in [0.29, 0.717) is 16.9 Å². The lowest BCUT2D eigenvalue weighted by Crippen LogP contribution is -2.65. The van der Waals surface area contributed by atoms with Gasteiger partial charge in [0.15, 0.2) is 0 Å². The van der Waals surface area contributed by atoms with Gasteiger partial charge in [-0.15, -0.1) is 12.3 Å². The van der Waals surface area contributed by atoms with Crippen molar-refractivity contribution >= 4 is 0 Å². The third kappa shape index (κ3) is 2.91. The van der Waals surface area contributed by atoms with Crippen LogP contribution in [0.25, 0.3) is 0 Å². The summed E-state index contributed by atoms with van der Waals surface area (Å²) in [4.78, 5) is 0. The van der Waals surface area contributed by atoms with Crippen LogP contribution in [-0.2, 0) is 0 Å². The number of nitrogens with one attached hydrogen (secondary N) is 1. The second-order valence-corrected chi connectivity index (χ2v) is 11.6. The molecule has 0 aromatic heterocycles. The fourth-order valence-corrected chi connectivity index (χ4v) is 8.95. The average molecular weight is 385 g/mol. The molecule has 0 radical (unpaired) electrons. The van der Waals surface area contributed by atoms with Crippen LogP contribution in [0.15, 0.2) is 0 Å². The number of hydrogen-bond acceptors (Lipinski definition) is 2. The molecule has 2 nitrogen and oxygen atoms in total. The zero-order chi connectivity index (χ0) is 20.2. The molecule has 0 aromatic carbocycles. The Bertz CT molecular complexity index is 622. The lowest BCUT2D eigenvalue weighted by atomic mass is 9.37. The number of fused-ring (bicyclic) bond motifs is 5. The predicted octanol–water partition coefficient (Wildman–Crippen LogP) is 5.36. The summed E-state index contributed by atoms with van der Waals surface area (Å²) in [5.74, 6) is 7.31. The summed E-state index contributed by atoms with van der Waals surface area (Å²) < 4.78 is 0. The summed E-state index contributed by atoms with van der Waals surface area (Å²) in [6.45, 7) is 11.0. The van der Waals surface area contributed by atoms with E-state index in [1.54, 1.807) is 0 Å². The van der Waals surface area contributed by atoms with E-state index in [4.69, 9.17) is 12.2 Å². The van der Waals surface area contributed by atoms with Gasteiger partial charge in [0, 0.05) is 18.0 Å². The van der Waals surface area contributed by atoms with Crippen molar-refractivity contribution in [1.82, 2.24) is 5.32 Å². The Labute approximate surface area is 174 Å². The Morgan fingerprint density at radius 3 is 2.68 bits per heavy atom. The minimum Gasteiger partial charge on any atom is -0.325 e. The van der Waals surface area contributed by atoms with Crippen LogP contribution in [0, 0.1) is 52.8 Å². The zero-order valence-electron chi connectivity index (χ0n) is 18.9. The second-order valence-electron chi connectivity index (χ2n) is 11.6. The molecule has 2 heteroatoms. The SMILES string of the molecule is C#CCCCC(C)C1CC2C3CCC4(N)CC(NCC)CC4(C)C3CCC12C. The first-order valence-electron chi connectivity index (χ1n) is 12.2. The Hall–Kier alpha value is -0.520. The highest BCUT2D eigenvalue weighted by Gasteiger charge is 2.67. The van der Waals surface area contributed by atoms with Crippen LogP contribution in [0.1, 0.15) is 91.9 Å². The van der Waals surface area contributed by atoms with E-state index in [2.05, 4.69) is 38.9 Å². The van der Waals surface area contributed by atoms with Gasteiger partial charge in [0.25, 0.3) is 0 Å². The van der Waals surface area contributed by atoms with Crippen LogP contribution in [-0.4, -0.2) is 18.1 Å². The molecule has 4 aliphatic carbocycles. The van der Waals surface area contributed by atoms with E-state index in [-0.39, 0.29) is 5.54 Å². The first-order chi connectivity index (χ1) is 13.3. The van der Waals surface area contributed by atoms with Gasteiger partial charge < -0.3 is 11.1 Å². The quantitative estimate of drug-likeness (QED) is 0.477. The van der Waals surface area contributed by atoms with Gasteiger partial charge in [-0.25, -0.2) is 0 Å². The molecule has 28 heavy (non-hydrogen) atoms. The molecule has 0 amide bonds. The highest BCUT2D eigenvalue weighted by atomic mass is 15.0. The van der Waals surface area contributed by atoms with Crippen LogP contribution in [0.3, 0.4) is 0 Å². The minimum atomic E-state index is 0.0698. The minimum absolute atomic E-state index is 0.0698. The van der Waals surface area contributed by atoms with E-state index in [1.807, 2.05) is 0 Å². The van der Waals surface area contributed by atoms with E-state index in [0.717, 1.165) is 42.6 Å². The number of nitrogens with two attached hydrogens (primary N) is 1. The maximum Gasteiger partial charge on any atom is 0.0227 e. The highest BCUT2D eigenvalue weighted by molar-refractivity contribution is 5.19. The van der Waals surface area contributed by atoms with E-state index in [9.17, 15) is 0 Å².